The summed E-state index contributed by atoms with van der Waals surface area (Å²) < 4.78 is 0. The highest BCUT2D eigenvalue weighted by molar-refractivity contribution is 5.74. The number of carboxylic acid groups (broad SMARTS) is 1. The van der Waals surface area contributed by atoms with Crippen molar-refractivity contribution in [1.82, 2.24) is 15.1 Å². The molecule has 2 N–H and O–H groups in total. The van der Waals surface area contributed by atoms with Crippen molar-refractivity contribution >= 4 is 12.0 Å². The summed E-state index contributed by atoms with van der Waals surface area (Å²) in [5, 5.41) is 11.6. The Hall–Kier alpha value is -1.30. The van der Waals surface area contributed by atoms with Gasteiger partial charge in [0.2, 0.25) is 0 Å². The fourth-order valence-electron chi connectivity index (χ4n) is 1.93. The third-order valence-electron chi connectivity index (χ3n) is 3.28. The van der Waals surface area contributed by atoms with Crippen molar-refractivity contribution in [3.05, 3.63) is 0 Å². The van der Waals surface area contributed by atoms with E-state index in [4.69, 9.17) is 5.11 Å². The molecule has 0 bridgehead atoms. The van der Waals surface area contributed by atoms with E-state index in [-0.39, 0.29) is 18.4 Å². The number of amides is 2. The maximum atomic E-state index is 12.0. The van der Waals surface area contributed by atoms with Gasteiger partial charge in [0.25, 0.3) is 0 Å². The van der Waals surface area contributed by atoms with E-state index in [1.807, 2.05) is 27.9 Å². The molecule has 0 saturated carbocycles. The minimum absolute atomic E-state index is 0.00284. The maximum Gasteiger partial charge on any atom is 0.317 e. The van der Waals surface area contributed by atoms with Crippen molar-refractivity contribution in [2.45, 2.75) is 33.1 Å². The molecular formula is C14H29N3O3. The molecule has 0 heterocycles. The Morgan fingerprint density at radius 1 is 1.20 bits per heavy atom. The molecule has 118 valence electrons. The van der Waals surface area contributed by atoms with E-state index in [1.54, 1.807) is 4.90 Å². The van der Waals surface area contributed by atoms with Crippen LogP contribution in [0.4, 0.5) is 4.79 Å². The van der Waals surface area contributed by atoms with Gasteiger partial charge in [-0.05, 0) is 39.9 Å². The van der Waals surface area contributed by atoms with E-state index in [9.17, 15) is 9.59 Å². The largest absolute Gasteiger partial charge is 0.481 e. The SMILES string of the molecule is CCC(CNC(=O)N(CC)CCCN(C)C)CC(=O)O. The van der Waals surface area contributed by atoms with Crippen LogP contribution in [-0.2, 0) is 4.79 Å². The second kappa shape index (κ2) is 10.5. The van der Waals surface area contributed by atoms with Gasteiger partial charge in [0.05, 0.1) is 0 Å². The Bertz CT molecular complexity index is 295. The van der Waals surface area contributed by atoms with Crippen LogP contribution in [0.1, 0.15) is 33.1 Å². The predicted octanol–water partition coefficient (Wildman–Crippen LogP) is 1.47. The van der Waals surface area contributed by atoms with Crippen LogP contribution in [-0.4, -0.2) is 67.2 Å². The summed E-state index contributed by atoms with van der Waals surface area (Å²) in [6.45, 7) is 6.63. The molecule has 1 atom stereocenters. The minimum Gasteiger partial charge on any atom is -0.481 e. The first-order valence-electron chi connectivity index (χ1n) is 7.29. The number of urea groups is 1. The number of nitrogens with zero attached hydrogens (tertiary/aromatic N) is 2. The van der Waals surface area contributed by atoms with E-state index in [0.717, 1.165) is 25.9 Å². The number of rotatable bonds is 10. The van der Waals surface area contributed by atoms with Crippen LogP contribution in [0.2, 0.25) is 0 Å². The lowest BCUT2D eigenvalue weighted by atomic mass is 10.0. The average Bonchev–Trinajstić information content (AvgIpc) is 2.38. The van der Waals surface area contributed by atoms with Gasteiger partial charge in [-0.2, -0.15) is 0 Å². The van der Waals surface area contributed by atoms with Crippen LogP contribution in [0.5, 0.6) is 0 Å². The molecule has 0 aromatic heterocycles. The second-order valence-electron chi connectivity index (χ2n) is 5.29. The molecule has 0 rings (SSSR count). The number of carbonyl (C=O) groups is 2. The Kier molecular flexibility index (Phi) is 9.80. The van der Waals surface area contributed by atoms with E-state index < -0.39 is 5.97 Å². The number of nitrogens with one attached hydrogen (secondary N) is 1. The normalized spacial score (nSPS) is 12.2. The molecule has 0 aliphatic heterocycles. The van der Waals surface area contributed by atoms with Gasteiger partial charge in [0.1, 0.15) is 0 Å². The molecular weight excluding hydrogens is 258 g/mol. The minimum atomic E-state index is -0.815. The number of hydrogen-bond donors (Lipinski definition) is 2. The van der Waals surface area contributed by atoms with E-state index in [2.05, 4.69) is 10.2 Å². The van der Waals surface area contributed by atoms with Crippen LogP contribution in [0.3, 0.4) is 0 Å². The Morgan fingerprint density at radius 3 is 2.30 bits per heavy atom. The van der Waals surface area contributed by atoms with Crippen molar-refractivity contribution < 1.29 is 14.7 Å². The molecule has 0 spiro atoms. The molecule has 20 heavy (non-hydrogen) atoms. The van der Waals surface area contributed by atoms with Crippen LogP contribution in [0, 0.1) is 5.92 Å². The van der Waals surface area contributed by atoms with Gasteiger partial charge in [-0.1, -0.05) is 13.3 Å². The van der Waals surface area contributed by atoms with Gasteiger partial charge in [0.15, 0.2) is 0 Å². The van der Waals surface area contributed by atoms with Crippen molar-refractivity contribution in [3.8, 4) is 0 Å². The molecule has 0 radical (unpaired) electrons. The number of hydrogen-bond acceptors (Lipinski definition) is 3. The van der Waals surface area contributed by atoms with Gasteiger partial charge in [-0.25, -0.2) is 4.79 Å². The van der Waals surface area contributed by atoms with Crippen molar-refractivity contribution in [2.24, 2.45) is 5.92 Å². The maximum absolute atomic E-state index is 12.0. The quantitative estimate of drug-likeness (QED) is 0.638. The third kappa shape index (κ3) is 8.74. The first-order chi connectivity index (χ1) is 9.40. The molecule has 6 nitrogen and oxygen atoms in total. The van der Waals surface area contributed by atoms with E-state index in [1.165, 1.54) is 0 Å². The molecule has 0 aliphatic carbocycles. The van der Waals surface area contributed by atoms with Gasteiger partial charge >= 0.3 is 12.0 Å². The van der Waals surface area contributed by atoms with Gasteiger partial charge in [-0.15, -0.1) is 0 Å². The lowest BCUT2D eigenvalue weighted by Gasteiger charge is -2.23. The fraction of sp³-hybridized carbons (Fsp3) is 0.857. The zero-order chi connectivity index (χ0) is 15.5. The number of carboxylic acids is 1. The Balaban J connectivity index is 4.10. The topological polar surface area (TPSA) is 72.9 Å². The average molecular weight is 287 g/mol. The molecule has 1 unspecified atom stereocenters. The summed E-state index contributed by atoms with van der Waals surface area (Å²) in [7, 11) is 4.02. The summed E-state index contributed by atoms with van der Waals surface area (Å²) in [6, 6.07) is -0.102. The van der Waals surface area contributed by atoms with Crippen LogP contribution < -0.4 is 5.32 Å². The second-order valence-corrected chi connectivity index (χ2v) is 5.29. The van der Waals surface area contributed by atoms with E-state index in [0.29, 0.717) is 13.1 Å². The Morgan fingerprint density at radius 2 is 1.85 bits per heavy atom. The highest BCUT2D eigenvalue weighted by atomic mass is 16.4. The molecule has 0 saturated heterocycles. The first kappa shape index (κ1) is 18.7. The smallest absolute Gasteiger partial charge is 0.317 e. The lowest BCUT2D eigenvalue weighted by Crippen LogP contribution is -2.42. The van der Waals surface area contributed by atoms with Crippen LogP contribution >= 0.6 is 0 Å². The molecule has 0 fully saturated rings. The summed E-state index contributed by atoms with van der Waals surface area (Å²) in [4.78, 5) is 26.5. The number of aliphatic carboxylic acids is 1. The summed E-state index contributed by atoms with van der Waals surface area (Å²) in [5.74, 6) is -0.818. The highest BCUT2D eigenvalue weighted by Gasteiger charge is 2.15. The molecule has 2 amide bonds. The first-order valence-corrected chi connectivity index (χ1v) is 7.29. The highest BCUT2D eigenvalue weighted by Crippen LogP contribution is 2.06. The summed E-state index contributed by atoms with van der Waals surface area (Å²) >= 11 is 0. The monoisotopic (exact) mass is 287 g/mol. The standard InChI is InChI=1S/C14H29N3O3/c1-5-12(10-13(18)19)11-15-14(20)17(6-2)9-7-8-16(3)4/h12H,5-11H2,1-4H3,(H,15,20)(H,18,19). The molecule has 6 heteroatoms. The fourth-order valence-corrected chi connectivity index (χ4v) is 1.93. The van der Waals surface area contributed by atoms with Gasteiger partial charge in [0, 0.05) is 26.1 Å². The van der Waals surface area contributed by atoms with Crippen molar-refractivity contribution in [3.63, 3.8) is 0 Å². The van der Waals surface area contributed by atoms with Gasteiger partial charge in [-0.3, -0.25) is 4.79 Å². The van der Waals surface area contributed by atoms with Gasteiger partial charge < -0.3 is 20.2 Å². The predicted molar refractivity (Wildman–Crippen MR) is 79.9 cm³/mol. The zero-order valence-corrected chi connectivity index (χ0v) is 13.2. The molecule has 0 aromatic carbocycles. The summed E-state index contributed by atoms with van der Waals surface area (Å²) in [5.41, 5.74) is 0. The number of carbonyl (C=O) groups excluding carboxylic acids is 1. The van der Waals surface area contributed by atoms with Crippen molar-refractivity contribution in [2.75, 3.05) is 40.3 Å². The van der Waals surface area contributed by atoms with Crippen LogP contribution in [0.25, 0.3) is 0 Å². The zero-order valence-electron chi connectivity index (χ0n) is 13.2. The summed E-state index contributed by atoms with van der Waals surface area (Å²) in [6.07, 6.45) is 1.78. The molecule has 0 aliphatic rings. The lowest BCUT2D eigenvalue weighted by molar-refractivity contribution is -0.138. The van der Waals surface area contributed by atoms with Crippen LogP contribution in [0.15, 0.2) is 0 Å². The molecule has 0 aromatic rings. The Labute approximate surface area is 122 Å². The van der Waals surface area contributed by atoms with E-state index >= 15 is 0 Å². The van der Waals surface area contributed by atoms with Crippen molar-refractivity contribution in [1.29, 1.82) is 0 Å². The third-order valence-corrected chi connectivity index (χ3v) is 3.28.